The second-order valence-corrected chi connectivity index (χ2v) is 5.93. The van der Waals surface area contributed by atoms with Crippen LogP contribution in [0.25, 0.3) is 0 Å². The lowest BCUT2D eigenvalue weighted by molar-refractivity contribution is 0.446. The van der Waals surface area contributed by atoms with E-state index in [0.717, 1.165) is 0 Å². The van der Waals surface area contributed by atoms with Crippen molar-refractivity contribution in [1.29, 1.82) is 5.26 Å². The van der Waals surface area contributed by atoms with Crippen LogP contribution in [0.2, 0.25) is 0 Å². The predicted molar refractivity (Wildman–Crippen MR) is 74.1 cm³/mol. The highest BCUT2D eigenvalue weighted by atomic mass is 32.2. The molecule has 0 aliphatic rings. The topological polar surface area (TPSA) is 86.1 Å². The van der Waals surface area contributed by atoms with Gasteiger partial charge in [-0.3, -0.25) is 0 Å². The van der Waals surface area contributed by atoms with Crippen molar-refractivity contribution < 1.29 is 8.42 Å². The van der Waals surface area contributed by atoms with Gasteiger partial charge in [-0.1, -0.05) is 13.8 Å². The Hall–Kier alpha value is -1.65. The highest BCUT2D eigenvalue weighted by Gasteiger charge is 2.18. The fraction of sp³-hybridized carbons (Fsp3) is 0.500. The van der Waals surface area contributed by atoms with Gasteiger partial charge in [0.1, 0.15) is 11.9 Å². The average Bonchev–Trinajstić information content (AvgIpc) is 2.40. The fourth-order valence-electron chi connectivity index (χ4n) is 1.68. The molecule has 0 aromatic carbocycles. The lowest BCUT2D eigenvalue weighted by Gasteiger charge is -2.18. The van der Waals surface area contributed by atoms with Gasteiger partial charge >= 0.3 is 0 Å². The first-order chi connectivity index (χ1) is 9.05. The van der Waals surface area contributed by atoms with Gasteiger partial charge < -0.3 is 5.32 Å². The van der Waals surface area contributed by atoms with E-state index in [0.29, 0.717) is 24.5 Å². The van der Waals surface area contributed by atoms with Crippen molar-refractivity contribution in [2.45, 2.75) is 13.8 Å². The maximum Gasteiger partial charge on any atom is 0.215 e. The SMILES string of the molecule is CCN(CC)S(=O)(=O)CCNc1ncccc1C#N. The van der Waals surface area contributed by atoms with Crippen molar-refractivity contribution in [2.24, 2.45) is 0 Å². The van der Waals surface area contributed by atoms with Crippen LogP contribution in [0.1, 0.15) is 19.4 Å². The van der Waals surface area contributed by atoms with Crippen LogP contribution in [-0.4, -0.2) is 43.1 Å². The van der Waals surface area contributed by atoms with E-state index in [4.69, 9.17) is 5.26 Å². The molecule has 0 bridgehead atoms. The van der Waals surface area contributed by atoms with Crippen LogP contribution in [0.3, 0.4) is 0 Å². The molecule has 1 aromatic heterocycles. The first-order valence-corrected chi connectivity index (χ1v) is 7.72. The van der Waals surface area contributed by atoms with Crippen molar-refractivity contribution in [1.82, 2.24) is 9.29 Å². The molecule has 0 aliphatic carbocycles. The maximum absolute atomic E-state index is 11.9. The number of nitrogens with one attached hydrogen (secondary N) is 1. The molecule has 0 aliphatic heterocycles. The summed E-state index contributed by atoms with van der Waals surface area (Å²) < 4.78 is 25.3. The molecular formula is C12H18N4O2S. The molecule has 0 saturated heterocycles. The first-order valence-electron chi connectivity index (χ1n) is 6.12. The summed E-state index contributed by atoms with van der Waals surface area (Å²) >= 11 is 0. The van der Waals surface area contributed by atoms with Crippen molar-refractivity contribution in [2.75, 3.05) is 30.7 Å². The molecule has 1 N–H and O–H groups in total. The Balaban J connectivity index is 2.62. The van der Waals surface area contributed by atoms with Crippen LogP contribution in [0.15, 0.2) is 18.3 Å². The third-order valence-electron chi connectivity index (χ3n) is 2.68. The summed E-state index contributed by atoms with van der Waals surface area (Å²) in [5.74, 6) is 0.399. The molecule has 1 rings (SSSR count). The van der Waals surface area contributed by atoms with Gasteiger partial charge in [0.05, 0.1) is 11.3 Å². The molecule has 0 spiro atoms. The number of anilines is 1. The lowest BCUT2D eigenvalue weighted by Crippen LogP contribution is -2.34. The monoisotopic (exact) mass is 282 g/mol. The van der Waals surface area contributed by atoms with Gasteiger partial charge in [0.25, 0.3) is 0 Å². The van der Waals surface area contributed by atoms with E-state index in [1.165, 1.54) is 4.31 Å². The Kier molecular flexibility index (Phi) is 5.73. The predicted octanol–water partition coefficient (Wildman–Crippen LogP) is 1.04. The second kappa shape index (κ2) is 7.07. The van der Waals surface area contributed by atoms with Crippen molar-refractivity contribution >= 4 is 15.8 Å². The normalized spacial score (nSPS) is 11.3. The third kappa shape index (κ3) is 4.19. The zero-order chi connectivity index (χ0) is 14.3. The molecule has 1 heterocycles. The highest BCUT2D eigenvalue weighted by Crippen LogP contribution is 2.09. The van der Waals surface area contributed by atoms with E-state index in [2.05, 4.69) is 10.3 Å². The Morgan fingerprint density at radius 1 is 1.42 bits per heavy atom. The quantitative estimate of drug-likeness (QED) is 0.807. The summed E-state index contributed by atoms with van der Waals surface area (Å²) in [5, 5.41) is 11.8. The molecule has 104 valence electrons. The van der Waals surface area contributed by atoms with E-state index in [-0.39, 0.29) is 12.3 Å². The molecule has 19 heavy (non-hydrogen) atoms. The largest absolute Gasteiger partial charge is 0.368 e. The van der Waals surface area contributed by atoms with Gasteiger partial charge in [-0.2, -0.15) is 5.26 Å². The maximum atomic E-state index is 11.9. The molecule has 7 heteroatoms. The van der Waals surface area contributed by atoms with Crippen LogP contribution in [-0.2, 0) is 10.0 Å². The average molecular weight is 282 g/mol. The Labute approximate surface area is 114 Å². The summed E-state index contributed by atoms with van der Waals surface area (Å²) in [6.45, 7) is 4.77. The number of nitriles is 1. The Morgan fingerprint density at radius 3 is 2.68 bits per heavy atom. The van der Waals surface area contributed by atoms with Gasteiger partial charge in [-0.05, 0) is 12.1 Å². The highest BCUT2D eigenvalue weighted by molar-refractivity contribution is 7.89. The second-order valence-electron chi connectivity index (χ2n) is 3.84. The number of rotatable bonds is 7. The summed E-state index contributed by atoms with van der Waals surface area (Å²) in [6.07, 6.45) is 1.56. The molecular weight excluding hydrogens is 264 g/mol. The number of pyridine rings is 1. The van der Waals surface area contributed by atoms with Gasteiger partial charge in [0.2, 0.25) is 10.0 Å². The van der Waals surface area contributed by atoms with Gasteiger partial charge in [0.15, 0.2) is 0 Å². The van der Waals surface area contributed by atoms with Crippen molar-refractivity contribution in [3.63, 3.8) is 0 Å². The minimum atomic E-state index is -3.25. The fourth-order valence-corrected chi connectivity index (χ4v) is 3.09. The molecule has 0 unspecified atom stereocenters. The summed E-state index contributed by atoms with van der Waals surface area (Å²) in [7, 11) is -3.25. The van der Waals surface area contributed by atoms with E-state index < -0.39 is 10.0 Å². The first kappa shape index (κ1) is 15.4. The van der Waals surface area contributed by atoms with Crippen LogP contribution < -0.4 is 5.32 Å². The summed E-state index contributed by atoms with van der Waals surface area (Å²) in [4.78, 5) is 4.01. The minimum absolute atomic E-state index is 0.0177. The van der Waals surface area contributed by atoms with Gasteiger partial charge in [0, 0.05) is 25.8 Å². The zero-order valence-corrected chi connectivity index (χ0v) is 11.9. The van der Waals surface area contributed by atoms with Crippen LogP contribution in [0.5, 0.6) is 0 Å². The molecule has 1 aromatic rings. The Bertz CT molecular complexity index is 547. The number of hydrogen-bond donors (Lipinski definition) is 1. The van der Waals surface area contributed by atoms with Crippen molar-refractivity contribution in [3.05, 3.63) is 23.9 Å². The Morgan fingerprint density at radius 2 is 2.11 bits per heavy atom. The molecule has 0 saturated carbocycles. The molecule has 6 nitrogen and oxygen atoms in total. The summed E-state index contributed by atoms with van der Waals surface area (Å²) in [6, 6.07) is 5.30. The standard InChI is InChI=1S/C12H18N4O2S/c1-3-16(4-2)19(17,18)9-8-15-12-11(10-13)6-5-7-14-12/h5-7H,3-4,8-9H2,1-2H3,(H,14,15). The number of nitrogens with zero attached hydrogens (tertiary/aromatic N) is 3. The smallest absolute Gasteiger partial charge is 0.215 e. The molecule has 0 radical (unpaired) electrons. The minimum Gasteiger partial charge on any atom is -0.368 e. The molecule has 0 amide bonds. The number of aromatic nitrogens is 1. The van der Waals surface area contributed by atoms with Crippen molar-refractivity contribution in [3.8, 4) is 6.07 Å². The molecule has 0 atom stereocenters. The van der Waals surface area contributed by atoms with E-state index in [1.54, 1.807) is 32.2 Å². The van der Waals surface area contributed by atoms with Gasteiger partial charge in [-0.25, -0.2) is 17.7 Å². The third-order valence-corrected chi connectivity index (χ3v) is 4.70. The van der Waals surface area contributed by atoms with E-state index in [9.17, 15) is 8.42 Å². The van der Waals surface area contributed by atoms with E-state index >= 15 is 0 Å². The van der Waals surface area contributed by atoms with Crippen LogP contribution in [0, 0.1) is 11.3 Å². The van der Waals surface area contributed by atoms with Crippen LogP contribution in [0.4, 0.5) is 5.82 Å². The number of hydrogen-bond acceptors (Lipinski definition) is 5. The molecule has 0 fully saturated rings. The lowest BCUT2D eigenvalue weighted by atomic mass is 10.3. The van der Waals surface area contributed by atoms with Gasteiger partial charge in [-0.15, -0.1) is 0 Å². The van der Waals surface area contributed by atoms with Crippen LogP contribution >= 0.6 is 0 Å². The zero-order valence-electron chi connectivity index (χ0n) is 11.1. The number of sulfonamides is 1. The van der Waals surface area contributed by atoms with E-state index in [1.807, 2.05) is 6.07 Å². The summed E-state index contributed by atoms with van der Waals surface area (Å²) in [5.41, 5.74) is 0.405.